The number of nitrogens with one attached hydrogen (secondary N) is 1. The molecule has 3 N–H and O–H groups in total. The predicted octanol–water partition coefficient (Wildman–Crippen LogP) is 2.98. The number of carbonyl (C=O) groups excluding carboxylic acids is 1. The fourth-order valence-corrected chi connectivity index (χ4v) is 1.87. The fourth-order valence-electron chi connectivity index (χ4n) is 1.69. The number of hydrogen-bond acceptors (Lipinski definition) is 3. The third-order valence-corrected chi connectivity index (χ3v) is 3.41. The van der Waals surface area contributed by atoms with Gasteiger partial charge in [-0.3, -0.25) is 9.69 Å². The van der Waals surface area contributed by atoms with Crippen molar-refractivity contribution in [1.82, 2.24) is 4.90 Å². The molecule has 0 bridgehead atoms. The van der Waals surface area contributed by atoms with Gasteiger partial charge in [0.25, 0.3) is 0 Å². The maximum atomic E-state index is 12.1. The van der Waals surface area contributed by atoms with Gasteiger partial charge in [0, 0.05) is 5.02 Å². The molecule has 0 aliphatic rings. The number of hydrogen-bond donors (Lipinski definition) is 2. The highest BCUT2D eigenvalue weighted by molar-refractivity contribution is 6.31. The molecule has 19 heavy (non-hydrogen) atoms. The summed E-state index contributed by atoms with van der Waals surface area (Å²) in [4.78, 5) is 14.1. The fraction of sp³-hybridized carbons (Fsp3) is 0.500. The van der Waals surface area contributed by atoms with Crippen LogP contribution >= 0.6 is 11.6 Å². The molecule has 0 aromatic heterocycles. The van der Waals surface area contributed by atoms with Gasteiger partial charge in [-0.05, 0) is 45.1 Å². The molecule has 1 rings (SSSR count). The Kier molecular flexibility index (Phi) is 6.12. The summed E-state index contributed by atoms with van der Waals surface area (Å²) in [6.07, 6.45) is 2.19. The van der Waals surface area contributed by atoms with Crippen molar-refractivity contribution in [2.75, 3.05) is 24.6 Å². The van der Waals surface area contributed by atoms with Crippen molar-refractivity contribution in [3.8, 4) is 0 Å². The number of amides is 1. The SMILES string of the molecule is CCCCN(C)C(C)C(=O)Nc1ccc(Cl)cc1N. The van der Waals surface area contributed by atoms with E-state index in [1.165, 1.54) is 0 Å². The molecule has 1 aromatic carbocycles. The summed E-state index contributed by atoms with van der Waals surface area (Å²) in [5.74, 6) is -0.0624. The molecule has 0 radical (unpaired) electrons. The van der Waals surface area contributed by atoms with E-state index in [-0.39, 0.29) is 11.9 Å². The molecule has 0 aliphatic heterocycles. The molecule has 0 fully saturated rings. The number of nitrogens with two attached hydrogens (primary N) is 1. The zero-order valence-electron chi connectivity index (χ0n) is 11.7. The zero-order chi connectivity index (χ0) is 14.4. The van der Waals surface area contributed by atoms with Crippen molar-refractivity contribution in [2.45, 2.75) is 32.7 Å². The number of carbonyl (C=O) groups is 1. The molecule has 0 heterocycles. The van der Waals surface area contributed by atoms with Gasteiger partial charge in [-0.2, -0.15) is 0 Å². The van der Waals surface area contributed by atoms with Gasteiger partial charge in [-0.25, -0.2) is 0 Å². The largest absolute Gasteiger partial charge is 0.397 e. The quantitative estimate of drug-likeness (QED) is 0.789. The summed E-state index contributed by atoms with van der Waals surface area (Å²) in [6, 6.07) is 4.86. The van der Waals surface area contributed by atoms with Crippen LogP contribution in [0.2, 0.25) is 5.02 Å². The lowest BCUT2D eigenvalue weighted by Crippen LogP contribution is -2.40. The van der Waals surface area contributed by atoms with Crippen LogP contribution in [0.4, 0.5) is 11.4 Å². The molecule has 1 atom stereocenters. The average molecular weight is 284 g/mol. The van der Waals surface area contributed by atoms with Crippen LogP contribution in [0.1, 0.15) is 26.7 Å². The van der Waals surface area contributed by atoms with Crippen molar-refractivity contribution in [1.29, 1.82) is 0 Å². The summed E-state index contributed by atoms with van der Waals surface area (Å²) >= 11 is 5.82. The highest BCUT2D eigenvalue weighted by atomic mass is 35.5. The van der Waals surface area contributed by atoms with E-state index in [4.69, 9.17) is 17.3 Å². The minimum Gasteiger partial charge on any atom is -0.397 e. The number of anilines is 2. The average Bonchev–Trinajstić information content (AvgIpc) is 2.38. The van der Waals surface area contributed by atoms with Crippen LogP contribution in [0.5, 0.6) is 0 Å². The van der Waals surface area contributed by atoms with Gasteiger partial charge >= 0.3 is 0 Å². The number of nitrogen functional groups attached to an aromatic ring is 1. The van der Waals surface area contributed by atoms with Crippen molar-refractivity contribution in [2.24, 2.45) is 0 Å². The first-order valence-electron chi connectivity index (χ1n) is 6.51. The summed E-state index contributed by atoms with van der Waals surface area (Å²) < 4.78 is 0. The van der Waals surface area contributed by atoms with Gasteiger partial charge < -0.3 is 11.1 Å². The number of halogens is 1. The Morgan fingerprint density at radius 3 is 2.79 bits per heavy atom. The summed E-state index contributed by atoms with van der Waals surface area (Å²) in [5.41, 5.74) is 6.89. The topological polar surface area (TPSA) is 58.4 Å². The van der Waals surface area contributed by atoms with E-state index in [9.17, 15) is 4.79 Å². The third kappa shape index (κ3) is 4.73. The molecule has 5 heteroatoms. The second-order valence-electron chi connectivity index (χ2n) is 4.73. The number of rotatable bonds is 6. The van der Waals surface area contributed by atoms with Crippen molar-refractivity contribution in [3.05, 3.63) is 23.2 Å². The van der Waals surface area contributed by atoms with Crippen molar-refractivity contribution >= 4 is 28.9 Å². The smallest absolute Gasteiger partial charge is 0.241 e. The summed E-state index contributed by atoms with van der Waals surface area (Å²) in [7, 11) is 1.95. The first-order chi connectivity index (χ1) is 8.95. The molecule has 1 amide bonds. The summed E-state index contributed by atoms with van der Waals surface area (Å²) in [5, 5.41) is 3.39. The molecule has 4 nitrogen and oxygen atoms in total. The number of benzene rings is 1. The molecule has 106 valence electrons. The second kappa shape index (κ2) is 7.36. The van der Waals surface area contributed by atoms with Gasteiger partial charge in [-0.15, -0.1) is 0 Å². The molecule has 0 saturated carbocycles. The van der Waals surface area contributed by atoms with E-state index in [0.717, 1.165) is 19.4 Å². The lowest BCUT2D eigenvalue weighted by atomic mass is 10.2. The van der Waals surface area contributed by atoms with Gasteiger partial charge in [0.1, 0.15) is 0 Å². The summed E-state index contributed by atoms with van der Waals surface area (Å²) in [6.45, 7) is 4.92. The molecular formula is C14H22ClN3O. The maximum Gasteiger partial charge on any atom is 0.241 e. The Morgan fingerprint density at radius 2 is 2.21 bits per heavy atom. The van der Waals surface area contributed by atoms with Crippen LogP contribution in [0.25, 0.3) is 0 Å². The van der Waals surface area contributed by atoms with Crippen molar-refractivity contribution < 1.29 is 4.79 Å². The van der Waals surface area contributed by atoms with Gasteiger partial charge in [-0.1, -0.05) is 24.9 Å². The Labute approximate surface area is 119 Å². The lowest BCUT2D eigenvalue weighted by Gasteiger charge is -2.23. The van der Waals surface area contributed by atoms with Crippen molar-refractivity contribution in [3.63, 3.8) is 0 Å². The monoisotopic (exact) mass is 283 g/mol. The minimum atomic E-state index is -0.193. The Hall–Kier alpha value is -1.26. The van der Waals surface area contributed by atoms with Crippen LogP contribution in [-0.4, -0.2) is 30.4 Å². The first-order valence-corrected chi connectivity index (χ1v) is 6.89. The van der Waals surface area contributed by atoms with Crippen LogP contribution < -0.4 is 11.1 Å². The molecular weight excluding hydrogens is 262 g/mol. The van der Waals surface area contributed by atoms with Crippen LogP contribution in [0.3, 0.4) is 0 Å². The van der Waals surface area contributed by atoms with Crippen LogP contribution in [0.15, 0.2) is 18.2 Å². The molecule has 1 aromatic rings. The number of likely N-dealkylation sites (N-methyl/N-ethyl adjacent to an activating group) is 1. The molecule has 1 unspecified atom stereocenters. The molecule has 0 saturated heterocycles. The number of unbranched alkanes of at least 4 members (excludes halogenated alkanes) is 1. The van der Waals surface area contributed by atoms with Crippen LogP contribution in [0, 0.1) is 0 Å². The van der Waals surface area contributed by atoms with Gasteiger partial charge in [0.15, 0.2) is 0 Å². The Morgan fingerprint density at radius 1 is 1.53 bits per heavy atom. The van der Waals surface area contributed by atoms with E-state index in [1.54, 1.807) is 18.2 Å². The zero-order valence-corrected chi connectivity index (χ0v) is 12.5. The third-order valence-electron chi connectivity index (χ3n) is 3.18. The second-order valence-corrected chi connectivity index (χ2v) is 5.17. The molecule has 0 spiro atoms. The highest BCUT2D eigenvalue weighted by Gasteiger charge is 2.18. The standard InChI is InChI=1S/C14H22ClN3O/c1-4-5-8-18(3)10(2)14(19)17-13-7-6-11(15)9-12(13)16/h6-7,9-10H,4-5,8,16H2,1-3H3,(H,17,19). The Balaban J connectivity index is 2.63. The van der Waals surface area contributed by atoms with E-state index >= 15 is 0 Å². The van der Waals surface area contributed by atoms with E-state index in [1.807, 2.05) is 18.9 Å². The first kappa shape index (κ1) is 15.8. The number of nitrogens with zero attached hydrogens (tertiary/aromatic N) is 1. The predicted molar refractivity (Wildman–Crippen MR) is 81.5 cm³/mol. The van der Waals surface area contributed by atoms with E-state index < -0.39 is 0 Å². The van der Waals surface area contributed by atoms with E-state index in [0.29, 0.717) is 16.4 Å². The molecule has 0 aliphatic carbocycles. The van der Waals surface area contributed by atoms with Gasteiger partial charge in [0.05, 0.1) is 17.4 Å². The van der Waals surface area contributed by atoms with Gasteiger partial charge in [0.2, 0.25) is 5.91 Å². The highest BCUT2D eigenvalue weighted by Crippen LogP contribution is 2.22. The van der Waals surface area contributed by atoms with Crippen LogP contribution in [-0.2, 0) is 4.79 Å². The minimum absolute atomic E-state index is 0.0624. The maximum absolute atomic E-state index is 12.1. The lowest BCUT2D eigenvalue weighted by molar-refractivity contribution is -0.120. The normalized spacial score (nSPS) is 12.5. The Bertz CT molecular complexity index is 437. The van der Waals surface area contributed by atoms with E-state index in [2.05, 4.69) is 12.2 Å².